The summed E-state index contributed by atoms with van der Waals surface area (Å²) in [5, 5.41) is 6.01. The van der Waals surface area contributed by atoms with Crippen molar-refractivity contribution >= 4 is 28.2 Å². The molecule has 0 unspecified atom stereocenters. The summed E-state index contributed by atoms with van der Waals surface area (Å²) in [5.74, 6) is 1.48. The Morgan fingerprint density at radius 1 is 1.00 bits per heavy atom. The lowest BCUT2D eigenvalue weighted by Crippen LogP contribution is -2.26. The molecule has 0 spiro atoms. The molecule has 3 aromatic rings. The molecule has 0 radical (unpaired) electrons. The van der Waals surface area contributed by atoms with E-state index in [4.69, 9.17) is 0 Å². The first-order valence-electron chi connectivity index (χ1n) is 7.43. The van der Waals surface area contributed by atoms with E-state index in [1.807, 2.05) is 11.4 Å². The first kappa shape index (κ1) is 14.0. The van der Waals surface area contributed by atoms with Crippen molar-refractivity contribution < 1.29 is 0 Å². The molecule has 8 heteroatoms. The zero-order chi connectivity index (χ0) is 15.5. The van der Waals surface area contributed by atoms with Crippen LogP contribution in [0.1, 0.15) is 24.6 Å². The topological polar surface area (TPSA) is 79.7 Å². The van der Waals surface area contributed by atoms with Crippen molar-refractivity contribution in [2.45, 2.75) is 18.9 Å². The monoisotopic (exact) mass is 325 g/mol. The second-order valence-corrected chi connectivity index (χ2v) is 6.05. The predicted molar refractivity (Wildman–Crippen MR) is 88.8 cm³/mol. The van der Waals surface area contributed by atoms with E-state index in [0.717, 1.165) is 42.0 Å². The summed E-state index contributed by atoms with van der Waals surface area (Å²) in [6, 6.07) is 1.94. The Balaban J connectivity index is 1.67. The molecular formula is C15H15N7S. The van der Waals surface area contributed by atoms with Gasteiger partial charge < -0.3 is 10.2 Å². The number of nitrogens with zero attached hydrogens (tertiary/aromatic N) is 6. The minimum absolute atomic E-state index is 0.119. The molecule has 0 aromatic carbocycles. The van der Waals surface area contributed by atoms with Crippen molar-refractivity contribution in [3.05, 3.63) is 48.1 Å². The molecule has 116 valence electrons. The maximum Gasteiger partial charge on any atom is 0.225 e. The van der Waals surface area contributed by atoms with Gasteiger partial charge in [0.05, 0.1) is 6.04 Å². The molecule has 7 nitrogen and oxygen atoms in total. The van der Waals surface area contributed by atoms with Crippen LogP contribution < -0.4 is 10.2 Å². The molecule has 4 rings (SSSR count). The zero-order valence-corrected chi connectivity index (χ0v) is 13.1. The number of rotatable bonds is 4. The summed E-state index contributed by atoms with van der Waals surface area (Å²) < 4.78 is 0. The quantitative estimate of drug-likeness (QED) is 0.790. The molecule has 1 saturated heterocycles. The Bertz CT molecular complexity index is 763. The lowest BCUT2D eigenvalue weighted by atomic mass is 10.1. The molecule has 1 fully saturated rings. The van der Waals surface area contributed by atoms with Crippen molar-refractivity contribution in [3.63, 3.8) is 0 Å². The fourth-order valence-electron chi connectivity index (χ4n) is 2.81. The summed E-state index contributed by atoms with van der Waals surface area (Å²) in [7, 11) is 0. The van der Waals surface area contributed by atoms with Gasteiger partial charge in [0.2, 0.25) is 5.95 Å². The summed E-state index contributed by atoms with van der Waals surface area (Å²) in [6.07, 6.45) is 10.8. The van der Waals surface area contributed by atoms with Gasteiger partial charge in [0, 0.05) is 42.9 Å². The normalized spacial score (nSPS) is 17.4. The Morgan fingerprint density at radius 2 is 1.87 bits per heavy atom. The van der Waals surface area contributed by atoms with Crippen LogP contribution >= 0.6 is 11.3 Å². The van der Waals surface area contributed by atoms with Gasteiger partial charge in [-0.1, -0.05) is 0 Å². The molecule has 0 saturated carbocycles. The van der Waals surface area contributed by atoms with E-state index < -0.39 is 0 Å². The summed E-state index contributed by atoms with van der Waals surface area (Å²) in [5.41, 5.74) is 0.910. The third-order valence-corrected chi connectivity index (χ3v) is 4.45. The van der Waals surface area contributed by atoms with Crippen molar-refractivity contribution in [1.29, 1.82) is 0 Å². The number of hydrogen-bond acceptors (Lipinski definition) is 8. The van der Waals surface area contributed by atoms with E-state index in [1.54, 1.807) is 31.0 Å². The standard InChI is InChI=1S/C15H15N7S/c1-3-11(22(9-1)14-18-4-2-5-19-14)12-13(17-7-6-16-12)21-15-20-8-10-23-15/h2,4-8,10-11H,1,3,9H2,(H,17,20,21)/t11-/m1/s1. The highest BCUT2D eigenvalue weighted by molar-refractivity contribution is 7.13. The average molecular weight is 325 g/mol. The summed E-state index contributed by atoms with van der Waals surface area (Å²) >= 11 is 1.54. The van der Waals surface area contributed by atoms with Crippen LogP contribution in [0.2, 0.25) is 0 Å². The molecule has 1 atom stereocenters. The molecule has 1 aliphatic rings. The maximum absolute atomic E-state index is 4.57. The second kappa shape index (κ2) is 6.25. The van der Waals surface area contributed by atoms with Crippen molar-refractivity contribution in [2.24, 2.45) is 0 Å². The molecule has 0 bridgehead atoms. The number of nitrogens with one attached hydrogen (secondary N) is 1. The van der Waals surface area contributed by atoms with Gasteiger partial charge in [-0.15, -0.1) is 11.3 Å². The largest absolute Gasteiger partial charge is 0.332 e. The lowest BCUT2D eigenvalue weighted by Gasteiger charge is -2.25. The number of aromatic nitrogens is 5. The van der Waals surface area contributed by atoms with Gasteiger partial charge in [-0.25, -0.2) is 19.9 Å². The van der Waals surface area contributed by atoms with Crippen LogP contribution in [0.25, 0.3) is 0 Å². The number of hydrogen-bond donors (Lipinski definition) is 1. The maximum atomic E-state index is 4.57. The van der Waals surface area contributed by atoms with Crippen molar-refractivity contribution in [2.75, 3.05) is 16.8 Å². The molecule has 0 aliphatic carbocycles. The van der Waals surface area contributed by atoms with E-state index in [9.17, 15) is 0 Å². The highest BCUT2D eigenvalue weighted by atomic mass is 32.1. The average Bonchev–Trinajstić information content (AvgIpc) is 3.28. The Hall–Kier alpha value is -2.61. The van der Waals surface area contributed by atoms with E-state index in [1.165, 1.54) is 11.3 Å². The first-order chi connectivity index (χ1) is 11.4. The van der Waals surface area contributed by atoms with Gasteiger partial charge in [-0.3, -0.25) is 4.98 Å². The highest BCUT2D eigenvalue weighted by Gasteiger charge is 2.31. The van der Waals surface area contributed by atoms with Gasteiger partial charge in [-0.05, 0) is 18.9 Å². The van der Waals surface area contributed by atoms with Crippen LogP contribution in [0.3, 0.4) is 0 Å². The summed E-state index contributed by atoms with van der Waals surface area (Å²) in [6.45, 7) is 0.919. The van der Waals surface area contributed by atoms with Gasteiger partial charge in [0.1, 0.15) is 5.69 Å². The molecule has 0 amide bonds. The Kier molecular flexibility index (Phi) is 3.81. The van der Waals surface area contributed by atoms with Crippen molar-refractivity contribution in [1.82, 2.24) is 24.9 Å². The van der Waals surface area contributed by atoms with Gasteiger partial charge in [-0.2, -0.15) is 0 Å². The highest BCUT2D eigenvalue weighted by Crippen LogP contribution is 2.36. The first-order valence-corrected chi connectivity index (χ1v) is 8.31. The smallest absolute Gasteiger partial charge is 0.225 e. The molecule has 3 aromatic heterocycles. The van der Waals surface area contributed by atoms with E-state index >= 15 is 0 Å². The molecule has 23 heavy (non-hydrogen) atoms. The van der Waals surface area contributed by atoms with Crippen LogP contribution in [0, 0.1) is 0 Å². The van der Waals surface area contributed by atoms with Crippen LogP contribution in [0.15, 0.2) is 42.4 Å². The molecule has 1 N–H and O–H groups in total. The van der Waals surface area contributed by atoms with E-state index in [0.29, 0.717) is 0 Å². The Morgan fingerprint density at radius 3 is 2.70 bits per heavy atom. The van der Waals surface area contributed by atoms with E-state index in [-0.39, 0.29) is 6.04 Å². The molecule has 4 heterocycles. The van der Waals surface area contributed by atoms with Crippen LogP contribution in [0.4, 0.5) is 16.9 Å². The van der Waals surface area contributed by atoms with Gasteiger partial charge in [0.15, 0.2) is 10.9 Å². The third kappa shape index (κ3) is 2.85. The second-order valence-electron chi connectivity index (χ2n) is 5.15. The van der Waals surface area contributed by atoms with Gasteiger partial charge >= 0.3 is 0 Å². The van der Waals surface area contributed by atoms with Gasteiger partial charge in [0.25, 0.3) is 0 Å². The summed E-state index contributed by atoms with van der Waals surface area (Å²) in [4.78, 5) is 24.2. The third-order valence-electron chi connectivity index (χ3n) is 3.76. The van der Waals surface area contributed by atoms with Crippen LogP contribution in [-0.4, -0.2) is 31.5 Å². The minimum Gasteiger partial charge on any atom is -0.332 e. The van der Waals surface area contributed by atoms with Crippen molar-refractivity contribution in [3.8, 4) is 0 Å². The fraction of sp³-hybridized carbons (Fsp3) is 0.267. The minimum atomic E-state index is 0.119. The molecular weight excluding hydrogens is 310 g/mol. The van der Waals surface area contributed by atoms with Crippen LogP contribution in [-0.2, 0) is 0 Å². The number of thiazole rings is 1. The predicted octanol–water partition coefficient (Wildman–Crippen LogP) is 2.81. The van der Waals surface area contributed by atoms with Crippen LogP contribution in [0.5, 0.6) is 0 Å². The fourth-order valence-corrected chi connectivity index (χ4v) is 3.33. The SMILES string of the molecule is c1cnc(N2CCC[C@@H]2c2nccnc2Nc2nccs2)nc1. The molecule has 1 aliphatic heterocycles. The van der Waals surface area contributed by atoms with E-state index in [2.05, 4.69) is 35.1 Å². The lowest BCUT2D eigenvalue weighted by molar-refractivity contribution is 0.677. The zero-order valence-electron chi connectivity index (χ0n) is 12.3. The Labute approximate surface area is 137 Å². The number of anilines is 3.